The van der Waals surface area contributed by atoms with Crippen LogP contribution in [0.3, 0.4) is 0 Å². The summed E-state index contributed by atoms with van der Waals surface area (Å²) >= 11 is 0. The van der Waals surface area contributed by atoms with Crippen LogP contribution in [0.1, 0.15) is 18.0 Å². The molecule has 1 aliphatic heterocycles. The van der Waals surface area contributed by atoms with Gasteiger partial charge in [-0.25, -0.2) is 9.97 Å². The van der Waals surface area contributed by atoms with Gasteiger partial charge >= 0.3 is 0 Å². The van der Waals surface area contributed by atoms with Gasteiger partial charge in [0.25, 0.3) is 5.56 Å². The normalized spacial score (nSPS) is 18.5. The van der Waals surface area contributed by atoms with Crippen molar-refractivity contribution in [2.75, 3.05) is 13.1 Å². The zero-order valence-electron chi connectivity index (χ0n) is 12.8. The second-order valence-corrected chi connectivity index (χ2v) is 5.99. The summed E-state index contributed by atoms with van der Waals surface area (Å²) in [5.74, 6) is 0. The fourth-order valence-electron chi connectivity index (χ4n) is 3.26. The van der Waals surface area contributed by atoms with Crippen LogP contribution in [0.5, 0.6) is 0 Å². The average molecular weight is 306 g/mol. The molecular formula is C18H18N4O. The van der Waals surface area contributed by atoms with Crippen molar-refractivity contribution in [1.82, 2.24) is 19.4 Å². The highest BCUT2D eigenvalue weighted by Gasteiger charge is 2.25. The fraction of sp³-hybridized carbons (Fsp3) is 0.278. The number of benzene rings is 1. The third kappa shape index (κ3) is 2.75. The molecule has 0 radical (unpaired) electrons. The Morgan fingerprint density at radius 3 is 2.83 bits per heavy atom. The molecule has 0 aliphatic carbocycles. The average Bonchev–Trinajstić information content (AvgIpc) is 3.04. The first kappa shape index (κ1) is 14.1. The molecule has 1 fully saturated rings. The SMILES string of the molecule is O=c1c2cccnc2ncn1[C@H]1CCN(Cc2ccccc2)C1. The Kier molecular flexibility index (Phi) is 3.63. The van der Waals surface area contributed by atoms with Crippen LogP contribution >= 0.6 is 0 Å². The molecule has 3 heterocycles. The molecule has 23 heavy (non-hydrogen) atoms. The van der Waals surface area contributed by atoms with Gasteiger partial charge in [0.15, 0.2) is 5.65 Å². The van der Waals surface area contributed by atoms with Crippen molar-refractivity contribution < 1.29 is 0 Å². The third-order valence-electron chi connectivity index (χ3n) is 4.45. The van der Waals surface area contributed by atoms with Crippen LogP contribution < -0.4 is 5.56 Å². The second-order valence-electron chi connectivity index (χ2n) is 5.99. The van der Waals surface area contributed by atoms with Gasteiger partial charge in [0.2, 0.25) is 0 Å². The Hall–Kier alpha value is -2.53. The number of pyridine rings is 1. The van der Waals surface area contributed by atoms with E-state index in [1.807, 2.05) is 6.07 Å². The van der Waals surface area contributed by atoms with E-state index < -0.39 is 0 Å². The van der Waals surface area contributed by atoms with E-state index >= 15 is 0 Å². The third-order valence-corrected chi connectivity index (χ3v) is 4.45. The zero-order chi connectivity index (χ0) is 15.6. The molecule has 0 amide bonds. The molecule has 5 nitrogen and oxygen atoms in total. The van der Waals surface area contributed by atoms with Crippen LogP contribution in [0.15, 0.2) is 59.8 Å². The molecule has 4 rings (SSSR count). The highest BCUT2D eigenvalue weighted by Crippen LogP contribution is 2.22. The summed E-state index contributed by atoms with van der Waals surface area (Å²) in [5, 5.41) is 0.594. The lowest BCUT2D eigenvalue weighted by Gasteiger charge is -2.17. The minimum atomic E-state index is 0.00895. The molecule has 1 atom stereocenters. The summed E-state index contributed by atoms with van der Waals surface area (Å²) in [6.45, 7) is 2.80. The zero-order valence-corrected chi connectivity index (χ0v) is 12.8. The van der Waals surface area contributed by atoms with Gasteiger partial charge in [-0.05, 0) is 24.1 Å². The molecule has 0 N–H and O–H groups in total. The minimum absolute atomic E-state index is 0.00895. The highest BCUT2D eigenvalue weighted by atomic mass is 16.1. The smallest absolute Gasteiger partial charge is 0.263 e. The molecule has 3 aromatic rings. The van der Waals surface area contributed by atoms with Crippen LogP contribution in [0.4, 0.5) is 0 Å². The van der Waals surface area contributed by atoms with Crippen molar-refractivity contribution in [3.63, 3.8) is 0 Å². The predicted molar refractivity (Wildman–Crippen MR) is 89.2 cm³/mol. The largest absolute Gasteiger partial charge is 0.297 e. The maximum Gasteiger partial charge on any atom is 0.263 e. The number of aromatic nitrogens is 3. The summed E-state index contributed by atoms with van der Waals surface area (Å²) in [6.07, 6.45) is 4.28. The van der Waals surface area contributed by atoms with Gasteiger partial charge in [-0.3, -0.25) is 14.3 Å². The summed E-state index contributed by atoms with van der Waals surface area (Å²) < 4.78 is 1.77. The second kappa shape index (κ2) is 5.93. The summed E-state index contributed by atoms with van der Waals surface area (Å²) in [6, 6.07) is 14.2. The summed E-state index contributed by atoms with van der Waals surface area (Å²) in [7, 11) is 0. The predicted octanol–water partition coefficient (Wildman–Crippen LogP) is 2.24. The van der Waals surface area contributed by atoms with Gasteiger partial charge in [0, 0.05) is 25.8 Å². The molecule has 0 unspecified atom stereocenters. The fourth-order valence-corrected chi connectivity index (χ4v) is 3.26. The van der Waals surface area contributed by atoms with Gasteiger partial charge in [-0.2, -0.15) is 0 Å². The van der Waals surface area contributed by atoms with Crippen molar-refractivity contribution in [3.8, 4) is 0 Å². The van der Waals surface area contributed by atoms with E-state index in [-0.39, 0.29) is 11.6 Å². The van der Waals surface area contributed by atoms with Gasteiger partial charge in [-0.1, -0.05) is 30.3 Å². The van der Waals surface area contributed by atoms with E-state index in [0.717, 1.165) is 26.1 Å². The van der Waals surface area contributed by atoms with E-state index in [1.165, 1.54) is 5.56 Å². The van der Waals surface area contributed by atoms with Crippen LogP contribution in [-0.4, -0.2) is 32.5 Å². The van der Waals surface area contributed by atoms with Crippen LogP contribution in [0.2, 0.25) is 0 Å². The molecule has 0 bridgehead atoms. The summed E-state index contributed by atoms with van der Waals surface area (Å²) in [5.41, 5.74) is 1.84. The van der Waals surface area contributed by atoms with E-state index in [2.05, 4.69) is 39.1 Å². The molecule has 1 aliphatic rings. The lowest BCUT2D eigenvalue weighted by Crippen LogP contribution is -2.28. The quantitative estimate of drug-likeness (QED) is 0.744. The molecule has 0 spiro atoms. The van der Waals surface area contributed by atoms with Crippen LogP contribution in [0.25, 0.3) is 11.0 Å². The standard InChI is InChI=1S/C18H18N4O/c23-18-16-7-4-9-19-17(16)20-13-22(18)15-8-10-21(12-15)11-14-5-2-1-3-6-14/h1-7,9,13,15H,8,10-12H2/t15-/m0/s1. The Morgan fingerprint density at radius 1 is 1.09 bits per heavy atom. The molecule has 0 saturated carbocycles. The van der Waals surface area contributed by atoms with Crippen LogP contribution in [0, 0.1) is 0 Å². The lowest BCUT2D eigenvalue weighted by atomic mass is 10.2. The molecular weight excluding hydrogens is 288 g/mol. The van der Waals surface area contributed by atoms with E-state index in [9.17, 15) is 4.79 Å². The highest BCUT2D eigenvalue weighted by molar-refractivity contribution is 5.72. The first-order chi connectivity index (χ1) is 11.3. The Labute approximate surface area is 134 Å². The minimum Gasteiger partial charge on any atom is -0.297 e. The van der Waals surface area contributed by atoms with Gasteiger partial charge in [0.1, 0.15) is 6.33 Å². The number of rotatable bonds is 3. The van der Waals surface area contributed by atoms with E-state index in [1.54, 1.807) is 29.2 Å². The van der Waals surface area contributed by atoms with Crippen molar-refractivity contribution in [1.29, 1.82) is 0 Å². The monoisotopic (exact) mass is 306 g/mol. The van der Waals surface area contributed by atoms with Crippen molar-refractivity contribution in [2.45, 2.75) is 19.0 Å². The summed E-state index contributed by atoms with van der Waals surface area (Å²) in [4.78, 5) is 23.5. The van der Waals surface area contributed by atoms with E-state index in [0.29, 0.717) is 11.0 Å². The number of hydrogen-bond acceptors (Lipinski definition) is 4. The number of nitrogens with zero attached hydrogens (tertiary/aromatic N) is 4. The Balaban J connectivity index is 1.56. The maximum absolute atomic E-state index is 12.6. The lowest BCUT2D eigenvalue weighted by molar-refractivity contribution is 0.315. The molecule has 2 aromatic heterocycles. The Bertz CT molecular complexity index is 875. The number of likely N-dealkylation sites (tertiary alicyclic amines) is 1. The molecule has 1 saturated heterocycles. The van der Waals surface area contributed by atoms with Crippen molar-refractivity contribution in [2.24, 2.45) is 0 Å². The molecule has 5 heteroatoms. The maximum atomic E-state index is 12.6. The number of fused-ring (bicyclic) bond motifs is 1. The van der Waals surface area contributed by atoms with Gasteiger partial charge in [-0.15, -0.1) is 0 Å². The molecule has 1 aromatic carbocycles. The van der Waals surface area contributed by atoms with Gasteiger partial charge < -0.3 is 0 Å². The van der Waals surface area contributed by atoms with Crippen molar-refractivity contribution in [3.05, 3.63) is 70.9 Å². The first-order valence-electron chi connectivity index (χ1n) is 7.89. The van der Waals surface area contributed by atoms with E-state index in [4.69, 9.17) is 0 Å². The van der Waals surface area contributed by atoms with Gasteiger partial charge in [0.05, 0.1) is 11.4 Å². The van der Waals surface area contributed by atoms with Crippen molar-refractivity contribution >= 4 is 11.0 Å². The van der Waals surface area contributed by atoms with Crippen LogP contribution in [-0.2, 0) is 6.54 Å². The first-order valence-corrected chi connectivity index (χ1v) is 7.89. The number of hydrogen-bond donors (Lipinski definition) is 0. The Morgan fingerprint density at radius 2 is 1.96 bits per heavy atom. The topological polar surface area (TPSA) is 51.0 Å². The molecule has 116 valence electrons.